The Hall–Kier alpha value is -3.16. The van der Waals surface area contributed by atoms with Crippen molar-refractivity contribution in [3.05, 3.63) is 60.2 Å². The van der Waals surface area contributed by atoms with Crippen molar-refractivity contribution in [2.24, 2.45) is 0 Å². The van der Waals surface area contributed by atoms with Crippen molar-refractivity contribution in [3.63, 3.8) is 0 Å². The lowest BCUT2D eigenvalue weighted by Gasteiger charge is -2.12. The zero-order valence-corrected chi connectivity index (χ0v) is 13.2. The molecule has 0 spiro atoms. The van der Waals surface area contributed by atoms with Crippen molar-refractivity contribution in [3.8, 4) is 11.3 Å². The van der Waals surface area contributed by atoms with E-state index in [1.54, 1.807) is 24.5 Å². The summed E-state index contributed by atoms with van der Waals surface area (Å²) in [4.78, 5) is 12.5. The predicted molar refractivity (Wildman–Crippen MR) is 89.0 cm³/mol. The Balaban J connectivity index is 2.04. The number of aromatic nitrogens is 3. The van der Waals surface area contributed by atoms with E-state index in [1.165, 1.54) is 6.07 Å². The molecule has 0 atom stereocenters. The van der Waals surface area contributed by atoms with Crippen LogP contribution in [-0.2, 0) is 0 Å². The summed E-state index contributed by atoms with van der Waals surface area (Å²) in [7, 11) is 0. The van der Waals surface area contributed by atoms with Crippen molar-refractivity contribution >= 4 is 17.5 Å². The number of pyridine rings is 1. The Morgan fingerprint density at radius 3 is 2.56 bits per heavy atom. The van der Waals surface area contributed by atoms with Crippen LogP contribution in [0, 0.1) is 17.5 Å². The van der Waals surface area contributed by atoms with Crippen LogP contribution in [0.1, 0.15) is 6.92 Å². The highest BCUT2D eigenvalue weighted by Crippen LogP contribution is 2.27. The molecular formula is C17H14F3N5. The van der Waals surface area contributed by atoms with Crippen LogP contribution in [0.5, 0.6) is 0 Å². The van der Waals surface area contributed by atoms with E-state index in [1.807, 2.05) is 6.92 Å². The highest BCUT2D eigenvalue weighted by molar-refractivity contribution is 5.67. The van der Waals surface area contributed by atoms with E-state index in [9.17, 15) is 13.2 Å². The number of halogens is 3. The maximum Gasteiger partial charge on any atom is 0.225 e. The van der Waals surface area contributed by atoms with Gasteiger partial charge in [0.25, 0.3) is 0 Å². The first-order valence-corrected chi connectivity index (χ1v) is 7.52. The monoisotopic (exact) mass is 345 g/mol. The van der Waals surface area contributed by atoms with Crippen LogP contribution in [0.4, 0.5) is 30.6 Å². The molecule has 3 rings (SSSR count). The Morgan fingerprint density at radius 2 is 1.84 bits per heavy atom. The van der Waals surface area contributed by atoms with Gasteiger partial charge in [0.15, 0.2) is 11.6 Å². The van der Waals surface area contributed by atoms with E-state index >= 15 is 0 Å². The lowest BCUT2D eigenvalue weighted by Crippen LogP contribution is -2.07. The molecule has 25 heavy (non-hydrogen) atoms. The number of nitrogens with one attached hydrogen (secondary N) is 2. The molecule has 0 saturated carbocycles. The lowest BCUT2D eigenvalue weighted by atomic mass is 10.2. The molecule has 0 radical (unpaired) electrons. The summed E-state index contributed by atoms with van der Waals surface area (Å²) in [5.74, 6) is -3.01. The second kappa shape index (κ2) is 7.16. The smallest absolute Gasteiger partial charge is 0.225 e. The minimum Gasteiger partial charge on any atom is -0.354 e. The second-order valence-electron chi connectivity index (χ2n) is 5.08. The highest BCUT2D eigenvalue weighted by atomic mass is 19.2. The minimum atomic E-state index is -1.31. The van der Waals surface area contributed by atoms with Crippen molar-refractivity contribution in [1.29, 1.82) is 0 Å². The van der Waals surface area contributed by atoms with Gasteiger partial charge in [-0.2, -0.15) is 4.98 Å². The molecular weight excluding hydrogens is 331 g/mol. The fraction of sp³-hybridized carbons (Fsp3) is 0.118. The number of anilines is 3. The van der Waals surface area contributed by atoms with Gasteiger partial charge in [0.05, 0.1) is 5.69 Å². The van der Waals surface area contributed by atoms with Crippen LogP contribution >= 0.6 is 0 Å². The largest absolute Gasteiger partial charge is 0.354 e. The summed E-state index contributed by atoms with van der Waals surface area (Å²) >= 11 is 0. The minimum absolute atomic E-state index is 0.119. The predicted octanol–water partition coefficient (Wildman–Crippen LogP) is 4.13. The molecule has 2 aromatic heterocycles. The quantitative estimate of drug-likeness (QED) is 0.681. The Kier molecular flexibility index (Phi) is 4.78. The molecule has 128 valence electrons. The summed E-state index contributed by atoms with van der Waals surface area (Å²) in [6, 6.07) is 6.60. The third-order valence-electron chi connectivity index (χ3n) is 3.32. The maximum absolute atomic E-state index is 13.9. The first kappa shape index (κ1) is 16.7. The first-order valence-electron chi connectivity index (χ1n) is 7.52. The number of rotatable bonds is 5. The molecule has 2 N–H and O–H groups in total. The summed E-state index contributed by atoms with van der Waals surface area (Å²) < 4.78 is 41.1. The van der Waals surface area contributed by atoms with Crippen molar-refractivity contribution in [1.82, 2.24) is 15.0 Å². The zero-order valence-electron chi connectivity index (χ0n) is 13.2. The van der Waals surface area contributed by atoms with Gasteiger partial charge in [-0.05, 0) is 31.2 Å². The molecule has 2 heterocycles. The Bertz CT molecular complexity index is 887. The molecule has 0 aliphatic carbocycles. The topological polar surface area (TPSA) is 62.7 Å². The molecule has 5 nitrogen and oxygen atoms in total. The van der Waals surface area contributed by atoms with Gasteiger partial charge in [0.2, 0.25) is 5.95 Å². The average Bonchev–Trinajstić information content (AvgIpc) is 2.63. The first-order chi connectivity index (χ1) is 12.1. The molecule has 0 aliphatic heterocycles. The van der Waals surface area contributed by atoms with E-state index < -0.39 is 23.1 Å². The molecule has 0 fully saturated rings. The van der Waals surface area contributed by atoms with Crippen molar-refractivity contribution in [2.45, 2.75) is 6.92 Å². The normalized spacial score (nSPS) is 10.6. The molecule has 3 aromatic rings. The standard InChI is InChI=1S/C17H14F3N5/c1-2-22-17-23-13(10-4-3-7-21-9-10)8-14(25-17)24-16-12(19)6-5-11(18)15(16)20/h3-9H,2H2,1H3,(H2,22,23,24,25). The molecule has 0 aliphatic rings. The summed E-state index contributed by atoms with van der Waals surface area (Å²) in [6.45, 7) is 2.41. The van der Waals surface area contributed by atoms with E-state index in [4.69, 9.17) is 0 Å². The van der Waals surface area contributed by atoms with E-state index in [0.717, 1.165) is 12.1 Å². The Labute approximate surface area is 142 Å². The van der Waals surface area contributed by atoms with Crippen LogP contribution in [0.2, 0.25) is 0 Å². The zero-order chi connectivity index (χ0) is 17.8. The van der Waals surface area contributed by atoms with Gasteiger partial charge >= 0.3 is 0 Å². The number of benzene rings is 1. The van der Waals surface area contributed by atoms with Crippen molar-refractivity contribution in [2.75, 3.05) is 17.2 Å². The number of nitrogens with zero attached hydrogens (tertiary/aromatic N) is 3. The molecule has 0 bridgehead atoms. The van der Waals surface area contributed by atoms with Gasteiger partial charge in [-0.3, -0.25) is 4.98 Å². The van der Waals surface area contributed by atoms with Crippen LogP contribution in [0.15, 0.2) is 42.7 Å². The number of hydrogen-bond acceptors (Lipinski definition) is 5. The van der Waals surface area contributed by atoms with E-state index in [-0.39, 0.29) is 11.8 Å². The van der Waals surface area contributed by atoms with Crippen LogP contribution < -0.4 is 10.6 Å². The van der Waals surface area contributed by atoms with Gasteiger partial charge in [-0.15, -0.1) is 0 Å². The summed E-state index contributed by atoms with van der Waals surface area (Å²) in [5, 5.41) is 5.43. The molecule has 0 saturated heterocycles. The molecule has 0 unspecified atom stereocenters. The third-order valence-corrected chi connectivity index (χ3v) is 3.32. The van der Waals surface area contributed by atoms with E-state index in [0.29, 0.717) is 17.8 Å². The molecule has 1 aromatic carbocycles. The van der Waals surface area contributed by atoms with Gasteiger partial charge in [0, 0.05) is 30.6 Å². The van der Waals surface area contributed by atoms with Crippen LogP contribution in [0.3, 0.4) is 0 Å². The van der Waals surface area contributed by atoms with Crippen LogP contribution in [0.25, 0.3) is 11.3 Å². The van der Waals surface area contributed by atoms with Gasteiger partial charge in [-0.25, -0.2) is 18.2 Å². The highest BCUT2D eigenvalue weighted by Gasteiger charge is 2.15. The fourth-order valence-corrected chi connectivity index (χ4v) is 2.18. The second-order valence-corrected chi connectivity index (χ2v) is 5.08. The number of hydrogen-bond donors (Lipinski definition) is 2. The summed E-state index contributed by atoms with van der Waals surface area (Å²) in [6.07, 6.45) is 3.22. The van der Waals surface area contributed by atoms with Crippen molar-refractivity contribution < 1.29 is 13.2 Å². The lowest BCUT2D eigenvalue weighted by molar-refractivity contribution is 0.499. The average molecular weight is 345 g/mol. The summed E-state index contributed by atoms with van der Waals surface area (Å²) in [5.41, 5.74) is 0.587. The third kappa shape index (κ3) is 3.68. The maximum atomic E-state index is 13.9. The fourth-order valence-electron chi connectivity index (χ4n) is 2.18. The van der Waals surface area contributed by atoms with Gasteiger partial charge in [0.1, 0.15) is 17.3 Å². The molecule has 8 heteroatoms. The van der Waals surface area contributed by atoms with Crippen LogP contribution in [-0.4, -0.2) is 21.5 Å². The SMILES string of the molecule is CCNc1nc(Nc2c(F)ccc(F)c2F)cc(-c2cccnc2)n1. The van der Waals surface area contributed by atoms with Gasteiger partial charge < -0.3 is 10.6 Å². The van der Waals surface area contributed by atoms with Gasteiger partial charge in [-0.1, -0.05) is 0 Å². The Morgan fingerprint density at radius 1 is 1.04 bits per heavy atom. The van der Waals surface area contributed by atoms with E-state index in [2.05, 4.69) is 25.6 Å². The molecule has 0 amide bonds.